The third kappa shape index (κ3) is 3.82. The largest absolute Gasteiger partial charge is 0.290 e. The molecule has 108 valence electrons. The molecule has 1 aliphatic carbocycles. The smallest absolute Gasteiger partial charge is 0.283 e. The van der Waals surface area contributed by atoms with Gasteiger partial charge in [-0.15, -0.1) is 4.40 Å². The van der Waals surface area contributed by atoms with E-state index in [9.17, 15) is 13.2 Å². The van der Waals surface area contributed by atoms with Gasteiger partial charge in [0.05, 0.1) is 10.6 Å². The zero-order valence-corrected chi connectivity index (χ0v) is 12.5. The number of allylic oxidation sites excluding steroid dienone is 4. The number of rotatable bonds is 2. The maximum absolute atomic E-state index is 12.1. The molecule has 0 saturated carbocycles. The number of hydrogen-bond donors (Lipinski definition) is 0. The van der Waals surface area contributed by atoms with E-state index < -0.39 is 10.0 Å². The molecule has 0 heterocycles. The minimum absolute atomic E-state index is 0.112. The summed E-state index contributed by atoms with van der Waals surface area (Å²) in [6.45, 7) is 3.24. The van der Waals surface area contributed by atoms with Crippen LogP contribution >= 0.6 is 0 Å². The monoisotopic (exact) mass is 302 g/mol. The van der Waals surface area contributed by atoms with Crippen LogP contribution in [-0.2, 0) is 14.8 Å². The highest BCUT2D eigenvalue weighted by atomic mass is 32.2. The standard InChI is InChI=1S/C15H14N2O3S/c1-11-10-13(18)8-9-15(11)16-12(2)17-21(19,20)14-6-4-3-5-7-14/h3-10H,1-2H3. The minimum Gasteiger partial charge on any atom is -0.290 e. The predicted octanol–water partition coefficient (Wildman–Crippen LogP) is 2.32. The van der Waals surface area contributed by atoms with Gasteiger partial charge in [0.15, 0.2) is 5.78 Å². The van der Waals surface area contributed by atoms with Crippen LogP contribution in [0.2, 0.25) is 0 Å². The minimum atomic E-state index is -3.77. The molecule has 2 rings (SSSR count). The van der Waals surface area contributed by atoms with Crippen LogP contribution in [0.4, 0.5) is 0 Å². The quantitative estimate of drug-likeness (QED) is 0.478. The normalized spacial score (nSPS) is 18.0. The second-order valence-corrected chi connectivity index (χ2v) is 6.09. The Bertz CT molecular complexity index is 785. The molecule has 1 aromatic carbocycles. The van der Waals surface area contributed by atoms with E-state index in [1.165, 1.54) is 31.2 Å². The van der Waals surface area contributed by atoms with Crippen molar-refractivity contribution in [3.8, 4) is 0 Å². The third-order valence-corrected chi connectivity index (χ3v) is 4.12. The van der Waals surface area contributed by atoms with Crippen molar-refractivity contribution in [3.63, 3.8) is 0 Å². The van der Waals surface area contributed by atoms with Crippen molar-refractivity contribution < 1.29 is 13.2 Å². The number of ketones is 1. The fourth-order valence-electron chi connectivity index (χ4n) is 1.77. The van der Waals surface area contributed by atoms with Crippen molar-refractivity contribution in [1.82, 2.24) is 0 Å². The number of hydrogen-bond acceptors (Lipinski definition) is 3. The molecule has 0 aromatic heterocycles. The van der Waals surface area contributed by atoms with E-state index in [-0.39, 0.29) is 16.5 Å². The number of sulfonamides is 1. The average Bonchev–Trinajstić information content (AvgIpc) is 2.42. The predicted molar refractivity (Wildman–Crippen MR) is 82.1 cm³/mol. The van der Waals surface area contributed by atoms with E-state index >= 15 is 0 Å². The van der Waals surface area contributed by atoms with Crippen LogP contribution < -0.4 is 0 Å². The molecule has 0 fully saturated rings. The number of aliphatic imine (C=N–C) groups is 1. The van der Waals surface area contributed by atoms with E-state index in [0.717, 1.165) is 0 Å². The van der Waals surface area contributed by atoms with Crippen molar-refractivity contribution >= 4 is 27.4 Å². The zero-order valence-electron chi connectivity index (χ0n) is 11.6. The fraction of sp³-hybridized carbons (Fsp3) is 0.133. The number of nitrogens with zero attached hydrogens (tertiary/aromatic N) is 2. The molecule has 21 heavy (non-hydrogen) atoms. The molecule has 0 unspecified atom stereocenters. The summed E-state index contributed by atoms with van der Waals surface area (Å²) in [5, 5.41) is 0. The van der Waals surface area contributed by atoms with Gasteiger partial charge in [-0.25, -0.2) is 4.99 Å². The lowest BCUT2D eigenvalue weighted by Crippen LogP contribution is -2.08. The Morgan fingerprint density at radius 3 is 2.38 bits per heavy atom. The van der Waals surface area contributed by atoms with Gasteiger partial charge in [-0.1, -0.05) is 18.2 Å². The summed E-state index contributed by atoms with van der Waals surface area (Å²) in [7, 11) is -3.77. The lowest BCUT2D eigenvalue weighted by atomic mass is 10.0. The van der Waals surface area contributed by atoms with Crippen LogP contribution in [-0.4, -0.2) is 25.7 Å². The van der Waals surface area contributed by atoms with Crippen molar-refractivity contribution in [2.45, 2.75) is 18.7 Å². The maximum Gasteiger partial charge on any atom is 0.283 e. The van der Waals surface area contributed by atoms with Crippen LogP contribution in [0.15, 0.2) is 68.4 Å². The maximum atomic E-state index is 12.1. The second-order valence-electron chi connectivity index (χ2n) is 4.49. The molecule has 0 amide bonds. The number of amidine groups is 1. The SMILES string of the molecule is CC1=CC(=O)C=CC1=NC(C)=NS(=O)(=O)c1ccccc1. The number of carbonyl (C=O) groups is 1. The number of benzene rings is 1. The molecule has 1 aromatic rings. The first-order valence-corrected chi connectivity index (χ1v) is 7.68. The summed E-state index contributed by atoms with van der Waals surface area (Å²) in [5.41, 5.74) is 1.20. The molecule has 0 N–H and O–H groups in total. The molecule has 0 radical (unpaired) electrons. The molecular weight excluding hydrogens is 288 g/mol. The highest BCUT2D eigenvalue weighted by Gasteiger charge is 2.13. The Hall–Kier alpha value is -2.34. The van der Waals surface area contributed by atoms with E-state index in [1.807, 2.05) is 0 Å². The summed E-state index contributed by atoms with van der Waals surface area (Å²) >= 11 is 0. The molecule has 0 bridgehead atoms. The zero-order chi connectivity index (χ0) is 15.5. The topological polar surface area (TPSA) is 75.9 Å². The van der Waals surface area contributed by atoms with Gasteiger partial charge in [0.25, 0.3) is 10.0 Å². The molecule has 0 atom stereocenters. The number of carbonyl (C=O) groups excluding carboxylic acids is 1. The van der Waals surface area contributed by atoms with Crippen molar-refractivity contribution in [2.24, 2.45) is 9.39 Å². The Kier molecular flexibility index (Phi) is 4.28. The molecule has 6 heteroatoms. The first kappa shape index (κ1) is 15.1. The van der Waals surface area contributed by atoms with Crippen molar-refractivity contribution in [1.29, 1.82) is 0 Å². The average molecular weight is 302 g/mol. The van der Waals surface area contributed by atoms with Crippen LogP contribution in [0.5, 0.6) is 0 Å². The van der Waals surface area contributed by atoms with Gasteiger partial charge >= 0.3 is 0 Å². The van der Waals surface area contributed by atoms with Gasteiger partial charge in [-0.05, 0) is 49.8 Å². The van der Waals surface area contributed by atoms with Crippen LogP contribution in [0.1, 0.15) is 13.8 Å². The summed E-state index contributed by atoms with van der Waals surface area (Å²) < 4.78 is 27.8. The molecule has 0 saturated heterocycles. The third-order valence-electron chi connectivity index (χ3n) is 2.74. The van der Waals surface area contributed by atoms with E-state index in [1.54, 1.807) is 31.2 Å². The molecule has 5 nitrogen and oxygen atoms in total. The van der Waals surface area contributed by atoms with Gasteiger partial charge in [0.2, 0.25) is 0 Å². The first-order chi connectivity index (χ1) is 9.88. The summed E-state index contributed by atoms with van der Waals surface area (Å²) in [6, 6.07) is 7.94. The van der Waals surface area contributed by atoms with Crippen molar-refractivity contribution in [3.05, 3.63) is 54.1 Å². The summed E-state index contributed by atoms with van der Waals surface area (Å²) in [5.74, 6) is -0.00134. The molecule has 0 spiro atoms. The van der Waals surface area contributed by atoms with E-state index in [0.29, 0.717) is 11.3 Å². The lowest BCUT2D eigenvalue weighted by molar-refractivity contribution is -0.110. The summed E-state index contributed by atoms with van der Waals surface area (Å²) in [6.07, 6.45) is 4.37. The Morgan fingerprint density at radius 1 is 1.10 bits per heavy atom. The van der Waals surface area contributed by atoms with Gasteiger partial charge in [-0.3, -0.25) is 4.79 Å². The molecular formula is C15H14N2O3S. The summed E-state index contributed by atoms with van der Waals surface area (Å²) in [4.78, 5) is 15.4. The van der Waals surface area contributed by atoms with E-state index in [4.69, 9.17) is 0 Å². The highest BCUT2D eigenvalue weighted by molar-refractivity contribution is 7.90. The van der Waals surface area contributed by atoms with Gasteiger partial charge in [-0.2, -0.15) is 8.42 Å². The molecule has 0 aliphatic heterocycles. The van der Waals surface area contributed by atoms with Gasteiger partial charge < -0.3 is 0 Å². The van der Waals surface area contributed by atoms with Crippen LogP contribution in [0, 0.1) is 0 Å². The Labute approximate surface area is 123 Å². The van der Waals surface area contributed by atoms with Crippen molar-refractivity contribution in [2.75, 3.05) is 0 Å². The fourth-order valence-corrected chi connectivity index (χ4v) is 2.76. The Morgan fingerprint density at radius 2 is 1.76 bits per heavy atom. The Balaban J connectivity index is 2.33. The van der Waals surface area contributed by atoms with Crippen LogP contribution in [0.3, 0.4) is 0 Å². The first-order valence-electron chi connectivity index (χ1n) is 6.24. The lowest BCUT2D eigenvalue weighted by Gasteiger charge is -2.05. The van der Waals surface area contributed by atoms with Gasteiger partial charge in [0.1, 0.15) is 5.84 Å². The second kappa shape index (κ2) is 5.97. The van der Waals surface area contributed by atoms with E-state index in [2.05, 4.69) is 9.39 Å². The van der Waals surface area contributed by atoms with Crippen LogP contribution in [0.25, 0.3) is 0 Å². The van der Waals surface area contributed by atoms with Gasteiger partial charge in [0, 0.05) is 0 Å². The molecule has 1 aliphatic rings. The highest BCUT2D eigenvalue weighted by Crippen LogP contribution is 2.12.